The van der Waals surface area contributed by atoms with Gasteiger partial charge in [-0.25, -0.2) is 4.99 Å². The Labute approximate surface area is 172 Å². The van der Waals surface area contributed by atoms with Crippen LogP contribution in [-0.2, 0) is 4.79 Å². The van der Waals surface area contributed by atoms with Crippen molar-refractivity contribution in [1.29, 1.82) is 0 Å². The van der Waals surface area contributed by atoms with E-state index in [4.69, 9.17) is 4.74 Å². The predicted molar refractivity (Wildman–Crippen MR) is 116 cm³/mol. The van der Waals surface area contributed by atoms with E-state index in [0.717, 1.165) is 22.8 Å². The van der Waals surface area contributed by atoms with E-state index in [-0.39, 0.29) is 11.7 Å². The van der Waals surface area contributed by atoms with Gasteiger partial charge in [0.05, 0.1) is 17.2 Å². The summed E-state index contributed by atoms with van der Waals surface area (Å²) < 4.78 is 7.38. The average molecular weight is 405 g/mol. The Morgan fingerprint density at radius 2 is 1.90 bits per heavy atom. The van der Waals surface area contributed by atoms with E-state index < -0.39 is 0 Å². The summed E-state index contributed by atoms with van der Waals surface area (Å²) >= 11 is 1.30. The van der Waals surface area contributed by atoms with Gasteiger partial charge in [0.15, 0.2) is 5.17 Å². The Balaban J connectivity index is 1.55. The molecule has 2 N–H and O–H groups in total. The van der Waals surface area contributed by atoms with Gasteiger partial charge in [-0.3, -0.25) is 4.79 Å². The predicted octanol–water partition coefficient (Wildman–Crippen LogP) is 4.47. The number of phenols is 1. The van der Waals surface area contributed by atoms with Gasteiger partial charge in [0.1, 0.15) is 11.5 Å². The highest BCUT2D eigenvalue weighted by molar-refractivity contribution is 8.18. The van der Waals surface area contributed by atoms with Gasteiger partial charge in [-0.15, -0.1) is 0 Å². The number of carbonyl (C=O) groups is 1. The average Bonchev–Trinajstić information content (AvgIpc) is 3.31. The molecule has 1 aliphatic heterocycles. The van der Waals surface area contributed by atoms with Gasteiger partial charge >= 0.3 is 0 Å². The number of nitrogens with one attached hydrogen (secondary N) is 1. The molecule has 1 amide bonds. The molecule has 0 saturated carbocycles. The first-order valence-electron chi connectivity index (χ1n) is 9.11. The zero-order valence-corrected chi connectivity index (χ0v) is 16.5. The van der Waals surface area contributed by atoms with Crippen molar-refractivity contribution in [3.8, 4) is 17.2 Å². The van der Waals surface area contributed by atoms with Crippen molar-refractivity contribution in [2.24, 2.45) is 4.99 Å². The molecule has 1 aromatic heterocycles. The van der Waals surface area contributed by atoms with Gasteiger partial charge in [0.2, 0.25) is 0 Å². The molecule has 0 unspecified atom stereocenters. The first-order chi connectivity index (χ1) is 14.1. The first kappa shape index (κ1) is 18.9. The molecule has 3 aromatic rings. The number of nitrogens with zero attached hydrogens (tertiary/aromatic N) is 2. The third-order valence-corrected chi connectivity index (χ3v) is 5.13. The number of hydrogen-bond acceptors (Lipinski definition) is 5. The van der Waals surface area contributed by atoms with E-state index in [1.54, 1.807) is 12.1 Å². The minimum Gasteiger partial charge on any atom is -0.508 e. The fourth-order valence-corrected chi connectivity index (χ4v) is 3.70. The quantitative estimate of drug-likeness (QED) is 0.614. The maximum Gasteiger partial charge on any atom is 0.264 e. The van der Waals surface area contributed by atoms with Crippen LogP contribution in [0.25, 0.3) is 11.8 Å². The van der Waals surface area contributed by atoms with Gasteiger partial charge in [0.25, 0.3) is 5.91 Å². The normalized spacial score (nSPS) is 16.4. The lowest BCUT2D eigenvalue weighted by Crippen LogP contribution is -2.19. The Kier molecular flexibility index (Phi) is 5.39. The van der Waals surface area contributed by atoms with E-state index in [1.807, 2.05) is 72.3 Å². The van der Waals surface area contributed by atoms with Crippen molar-refractivity contribution < 1.29 is 14.6 Å². The number of amidine groups is 1. The topological polar surface area (TPSA) is 75.8 Å². The molecule has 146 valence electrons. The van der Waals surface area contributed by atoms with E-state index >= 15 is 0 Å². The molecule has 0 atom stereocenters. The second kappa shape index (κ2) is 8.28. The van der Waals surface area contributed by atoms with Crippen molar-refractivity contribution in [3.05, 3.63) is 77.5 Å². The number of phenolic OH excluding ortho intramolecular Hbond substituents is 1. The minimum atomic E-state index is -0.182. The summed E-state index contributed by atoms with van der Waals surface area (Å²) in [6.45, 7) is 2.55. The van der Waals surface area contributed by atoms with Crippen molar-refractivity contribution in [2.45, 2.75) is 6.92 Å². The van der Waals surface area contributed by atoms with Crippen LogP contribution in [0.1, 0.15) is 12.6 Å². The summed E-state index contributed by atoms with van der Waals surface area (Å²) in [7, 11) is 0. The van der Waals surface area contributed by atoms with Crippen molar-refractivity contribution in [2.75, 3.05) is 6.61 Å². The standard InChI is InChI=1S/C22H19N3O3S/c1-2-28-19-11-5-15(6-12-19)23-22-24-21(27)20(29-22)14-17-4-3-13-25(17)16-7-9-18(26)10-8-16/h3-14,26H,2H2,1H3,(H,23,24,27)/b20-14+. The number of thioether (sulfide) groups is 1. The molecule has 1 fully saturated rings. The van der Waals surface area contributed by atoms with E-state index in [2.05, 4.69) is 10.3 Å². The number of benzene rings is 2. The molecule has 1 aliphatic rings. The third kappa shape index (κ3) is 4.35. The largest absolute Gasteiger partial charge is 0.508 e. The lowest BCUT2D eigenvalue weighted by atomic mass is 10.3. The number of ether oxygens (including phenoxy) is 1. The first-order valence-corrected chi connectivity index (χ1v) is 9.93. The smallest absolute Gasteiger partial charge is 0.264 e. The molecule has 7 heteroatoms. The summed E-state index contributed by atoms with van der Waals surface area (Å²) in [6.07, 6.45) is 3.73. The lowest BCUT2D eigenvalue weighted by molar-refractivity contribution is -0.115. The molecule has 0 radical (unpaired) electrons. The van der Waals surface area contributed by atoms with Crippen LogP contribution in [0.15, 0.2) is 76.8 Å². The fourth-order valence-electron chi connectivity index (χ4n) is 2.88. The Morgan fingerprint density at radius 3 is 2.62 bits per heavy atom. The summed E-state index contributed by atoms with van der Waals surface area (Å²) in [6, 6.07) is 18.1. The van der Waals surface area contributed by atoms with Crippen molar-refractivity contribution in [3.63, 3.8) is 0 Å². The summed E-state index contributed by atoms with van der Waals surface area (Å²) in [5.74, 6) is 0.815. The molecule has 6 nitrogen and oxygen atoms in total. The second-order valence-electron chi connectivity index (χ2n) is 6.23. The minimum absolute atomic E-state index is 0.182. The molecule has 0 aliphatic carbocycles. The molecule has 29 heavy (non-hydrogen) atoms. The number of hydrogen-bond donors (Lipinski definition) is 2. The number of amides is 1. The van der Waals surface area contributed by atoms with Crippen LogP contribution in [0.5, 0.6) is 11.5 Å². The summed E-state index contributed by atoms with van der Waals surface area (Å²) in [5, 5.41) is 12.8. The van der Waals surface area contributed by atoms with Crippen LogP contribution in [0.2, 0.25) is 0 Å². The highest BCUT2D eigenvalue weighted by Gasteiger charge is 2.24. The van der Waals surface area contributed by atoms with Crippen LogP contribution < -0.4 is 10.1 Å². The Hall–Kier alpha value is -3.45. The molecule has 2 heterocycles. The summed E-state index contributed by atoms with van der Waals surface area (Å²) in [5.41, 5.74) is 2.49. The van der Waals surface area contributed by atoms with Gasteiger partial charge in [0, 0.05) is 17.6 Å². The monoisotopic (exact) mass is 405 g/mol. The maximum absolute atomic E-state index is 12.4. The van der Waals surface area contributed by atoms with Crippen molar-refractivity contribution >= 4 is 34.6 Å². The molecule has 0 spiro atoms. The highest BCUT2D eigenvalue weighted by Crippen LogP contribution is 2.29. The zero-order valence-electron chi connectivity index (χ0n) is 15.7. The van der Waals surface area contributed by atoms with Gasteiger partial charge in [-0.2, -0.15) is 0 Å². The van der Waals surface area contributed by atoms with Crippen LogP contribution in [0.4, 0.5) is 5.69 Å². The zero-order chi connectivity index (χ0) is 20.2. The molecule has 0 bridgehead atoms. The number of aliphatic imine (C=N–C) groups is 1. The number of carbonyl (C=O) groups excluding carboxylic acids is 1. The van der Waals surface area contributed by atoms with E-state index in [0.29, 0.717) is 16.7 Å². The molecular weight excluding hydrogens is 386 g/mol. The van der Waals surface area contributed by atoms with Crippen molar-refractivity contribution in [1.82, 2.24) is 9.88 Å². The number of aromatic nitrogens is 1. The third-order valence-electron chi connectivity index (χ3n) is 4.22. The summed E-state index contributed by atoms with van der Waals surface area (Å²) in [4.78, 5) is 17.4. The van der Waals surface area contributed by atoms with Gasteiger partial charge in [-0.1, -0.05) is 0 Å². The Morgan fingerprint density at radius 1 is 1.14 bits per heavy atom. The number of aromatic hydroxyl groups is 1. The van der Waals surface area contributed by atoms with Gasteiger partial charge < -0.3 is 19.7 Å². The SMILES string of the molecule is CCOc1ccc(N=C2NC(=O)/C(=C\c3cccn3-c3ccc(O)cc3)S2)cc1. The van der Waals surface area contributed by atoms with E-state index in [9.17, 15) is 9.90 Å². The number of rotatable bonds is 5. The lowest BCUT2D eigenvalue weighted by Gasteiger charge is -2.06. The molecular formula is C22H19N3O3S. The molecule has 4 rings (SSSR count). The molecule has 2 aromatic carbocycles. The second-order valence-corrected chi connectivity index (χ2v) is 7.26. The molecule has 1 saturated heterocycles. The maximum atomic E-state index is 12.4. The van der Waals surface area contributed by atoms with E-state index in [1.165, 1.54) is 11.8 Å². The van der Waals surface area contributed by atoms with Crippen LogP contribution in [0, 0.1) is 0 Å². The van der Waals surface area contributed by atoms with Gasteiger partial charge in [-0.05, 0) is 85.4 Å². The highest BCUT2D eigenvalue weighted by atomic mass is 32.2. The van der Waals surface area contributed by atoms with Crippen LogP contribution in [0.3, 0.4) is 0 Å². The fraction of sp³-hybridized carbons (Fsp3) is 0.0909. The van der Waals surface area contributed by atoms with Crippen LogP contribution >= 0.6 is 11.8 Å². The van der Waals surface area contributed by atoms with Crippen LogP contribution in [-0.4, -0.2) is 27.4 Å². The Bertz CT molecular complexity index is 1080.